The zero-order valence-corrected chi connectivity index (χ0v) is 13.7. The van der Waals surface area contributed by atoms with Gasteiger partial charge in [0.1, 0.15) is 6.10 Å². The van der Waals surface area contributed by atoms with E-state index in [1.165, 1.54) is 12.7 Å². The van der Waals surface area contributed by atoms with Gasteiger partial charge >= 0.3 is 0 Å². The summed E-state index contributed by atoms with van der Waals surface area (Å²) in [4.78, 5) is 22.4. The highest BCUT2D eigenvalue weighted by Crippen LogP contribution is 2.24. The van der Waals surface area contributed by atoms with Crippen molar-refractivity contribution in [2.45, 2.75) is 25.4 Å². The number of aromatic nitrogens is 2. The summed E-state index contributed by atoms with van der Waals surface area (Å²) in [6.07, 6.45) is 5.12. The van der Waals surface area contributed by atoms with Crippen molar-refractivity contribution in [2.75, 3.05) is 20.2 Å². The molecule has 0 unspecified atom stereocenters. The Morgan fingerprint density at radius 2 is 1.96 bits per heavy atom. The second-order valence-corrected chi connectivity index (χ2v) is 5.72. The second-order valence-electron chi connectivity index (χ2n) is 5.72. The standard InChI is InChI=1S/C18H21N3O3/c1-23-17-18(20-11-10-19-17)24-15-9-12-21(13-15)16(22)8-7-14-5-3-2-4-6-14/h2-6,10-11,15H,7-9,12-13H2,1H3/t15-/m0/s1. The average Bonchev–Trinajstić information content (AvgIpc) is 3.10. The number of methoxy groups -OCH3 is 1. The Labute approximate surface area is 141 Å². The topological polar surface area (TPSA) is 64.6 Å². The van der Waals surface area contributed by atoms with Crippen LogP contribution in [0.25, 0.3) is 0 Å². The van der Waals surface area contributed by atoms with Gasteiger partial charge in [-0.3, -0.25) is 4.79 Å². The van der Waals surface area contributed by atoms with Crippen LogP contribution in [-0.2, 0) is 11.2 Å². The van der Waals surface area contributed by atoms with Crippen LogP contribution < -0.4 is 9.47 Å². The van der Waals surface area contributed by atoms with Crippen LogP contribution in [0.15, 0.2) is 42.7 Å². The first-order valence-corrected chi connectivity index (χ1v) is 8.09. The zero-order chi connectivity index (χ0) is 16.8. The Morgan fingerprint density at radius 3 is 2.71 bits per heavy atom. The smallest absolute Gasteiger partial charge is 0.278 e. The second kappa shape index (κ2) is 7.77. The molecule has 1 amide bonds. The number of carbonyl (C=O) groups is 1. The molecule has 1 saturated heterocycles. The van der Waals surface area contributed by atoms with E-state index in [-0.39, 0.29) is 12.0 Å². The molecule has 0 saturated carbocycles. The largest absolute Gasteiger partial charge is 0.477 e. The Bertz CT molecular complexity index is 678. The maximum Gasteiger partial charge on any atom is 0.278 e. The predicted molar refractivity (Wildman–Crippen MR) is 89.0 cm³/mol. The van der Waals surface area contributed by atoms with E-state index in [0.29, 0.717) is 31.3 Å². The number of rotatable bonds is 6. The summed E-state index contributed by atoms with van der Waals surface area (Å²) >= 11 is 0. The van der Waals surface area contributed by atoms with E-state index in [4.69, 9.17) is 9.47 Å². The molecular formula is C18H21N3O3. The van der Waals surface area contributed by atoms with E-state index in [1.54, 1.807) is 12.4 Å². The normalized spacial score (nSPS) is 16.9. The van der Waals surface area contributed by atoms with E-state index >= 15 is 0 Å². The van der Waals surface area contributed by atoms with Crippen molar-refractivity contribution < 1.29 is 14.3 Å². The number of carbonyl (C=O) groups excluding carboxylic acids is 1. The highest BCUT2D eigenvalue weighted by atomic mass is 16.5. The van der Waals surface area contributed by atoms with E-state index in [2.05, 4.69) is 9.97 Å². The molecule has 1 fully saturated rings. The minimum atomic E-state index is -0.0729. The minimum absolute atomic E-state index is 0.0729. The third-order valence-corrected chi connectivity index (χ3v) is 4.07. The third-order valence-electron chi connectivity index (χ3n) is 4.07. The molecule has 3 rings (SSSR count). The molecule has 2 aromatic rings. The number of likely N-dealkylation sites (tertiary alicyclic amines) is 1. The number of nitrogens with zero attached hydrogens (tertiary/aromatic N) is 3. The molecule has 2 heterocycles. The molecule has 6 heteroatoms. The van der Waals surface area contributed by atoms with Crippen molar-refractivity contribution >= 4 is 5.91 Å². The van der Waals surface area contributed by atoms with Crippen LogP contribution in [0, 0.1) is 0 Å². The molecule has 0 aliphatic carbocycles. The summed E-state index contributed by atoms with van der Waals surface area (Å²) in [6.45, 7) is 1.29. The van der Waals surface area contributed by atoms with Gasteiger partial charge in [-0.05, 0) is 12.0 Å². The molecule has 1 aromatic carbocycles. The number of benzene rings is 1. The first-order valence-electron chi connectivity index (χ1n) is 8.09. The number of amides is 1. The number of hydrogen-bond donors (Lipinski definition) is 0. The van der Waals surface area contributed by atoms with Gasteiger partial charge in [0.2, 0.25) is 5.91 Å². The Hall–Kier alpha value is -2.63. The molecule has 0 N–H and O–H groups in total. The highest BCUT2D eigenvalue weighted by Gasteiger charge is 2.28. The third kappa shape index (κ3) is 4.01. The molecule has 0 radical (unpaired) electrons. The zero-order valence-electron chi connectivity index (χ0n) is 13.7. The maximum atomic E-state index is 12.4. The maximum absolute atomic E-state index is 12.4. The van der Waals surface area contributed by atoms with E-state index < -0.39 is 0 Å². The van der Waals surface area contributed by atoms with E-state index in [1.807, 2.05) is 35.2 Å². The monoisotopic (exact) mass is 327 g/mol. The highest BCUT2D eigenvalue weighted by molar-refractivity contribution is 5.76. The molecule has 6 nitrogen and oxygen atoms in total. The Kier molecular flexibility index (Phi) is 5.25. The van der Waals surface area contributed by atoms with Gasteiger partial charge in [-0.2, -0.15) is 0 Å². The fraction of sp³-hybridized carbons (Fsp3) is 0.389. The van der Waals surface area contributed by atoms with Gasteiger partial charge in [0.25, 0.3) is 11.8 Å². The summed E-state index contributed by atoms with van der Waals surface area (Å²) in [6, 6.07) is 10.1. The van der Waals surface area contributed by atoms with Crippen LogP contribution in [0.5, 0.6) is 11.8 Å². The van der Waals surface area contributed by atoms with Crippen LogP contribution in [-0.4, -0.2) is 47.1 Å². The van der Waals surface area contributed by atoms with Crippen LogP contribution in [0.2, 0.25) is 0 Å². The van der Waals surface area contributed by atoms with Gasteiger partial charge < -0.3 is 14.4 Å². The van der Waals surface area contributed by atoms with Gasteiger partial charge in [0, 0.05) is 31.8 Å². The first-order chi connectivity index (χ1) is 11.8. The summed E-state index contributed by atoms with van der Waals surface area (Å²) in [7, 11) is 1.53. The van der Waals surface area contributed by atoms with Crippen LogP contribution in [0.1, 0.15) is 18.4 Å². The van der Waals surface area contributed by atoms with Gasteiger partial charge in [0.05, 0.1) is 13.7 Å². The van der Waals surface area contributed by atoms with Crippen molar-refractivity contribution in [1.29, 1.82) is 0 Å². The summed E-state index contributed by atoms with van der Waals surface area (Å²) < 4.78 is 11.0. The minimum Gasteiger partial charge on any atom is -0.477 e. The molecule has 1 aliphatic rings. The predicted octanol–water partition coefficient (Wildman–Crippen LogP) is 2.10. The molecule has 126 valence electrons. The van der Waals surface area contributed by atoms with Crippen molar-refractivity contribution in [3.63, 3.8) is 0 Å². The Morgan fingerprint density at radius 1 is 1.21 bits per heavy atom. The Balaban J connectivity index is 1.50. The van der Waals surface area contributed by atoms with E-state index in [9.17, 15) is 4.79 Å². The molecule has 0 bridgehead atoms. The molecular weight excluding hydrogens is 306 g/mol. The van der Waals surface area contributed by atoms with Crippen LogP contribution in [0.3, 0.4) is 0 Å². The van der Waals surface area contributed by atoms with Crippen molar-refractivity contribution in [1.82, 2.24) is 14.9 Å². The van der Waals surface area contributed by atoms with E-state index in [0.717, 1.165) is 12.8 Å². The lowest BCUT2D eigenvalue weighted by atomic mass is 10.1. The van der Waals surface area contributed by atoms with Crippen molar-refractivity contribution in [3.8, 4) is 11.8 Å². The summed E-state index contributed by atoms with van der Waals surface area (Å²) in [5.74, 6) is 0.908. The van der Waals surface area contributed by atoms with Gasteiger partial charge in [0.15, 0.2) is 0 Å². The lowest BCUT2D eigenvalue weighted by Crippen LogP contribution is -2.31. The van der Waals surface area contributed by atoms with Crippen LogP contribution >= 0.6 is 0 Å². The number of ether oxygens (including phenoxy) is 2. The lowest BCUT2D eigenvalue weighted by Gasteiger charge is -2.17. The average molecular weight is 327 g/mol. The van der Waals surface area contributed by atoms with Gasteiger partial charge in [-0.1, -0.05) is 30.3 Å². The molecule has 1 aliphatic heterocycles. The summed E-state index contributed by atoms with van der Waals surface area (Å²) in [5, 5.41) is 0. The van der Waals surface area contributed by atoms with Crippen molar-refractivity contribution in [3.05, 3.63) is 48.3 Å². The fourth-order valence-corrected chi connectivity index (χ4v) is 2.80. The number of hydrogen-bond acceptors (Lipinski definition) is 5. The molecule has 24 heavy (non-hydrogen) atoms. The number of aryl methyl sites for hydroxylation is 1. The first kappa shape index (κ1) is 16.2. The van der Waals surface area contributed by atoms with Crippen molar-refractivity contribution in [2.24, 2.45) is 0 Å². The molecule has 1 aromatic heterocycles. The van der Waals surface area contributed by atoms with Gasteiger partial charge in [-0.15, -0.1) is 0 Å². The molecule has 0 spiro atoms. The lowest BCUT2D eigenvalue weighted by molar-refractivity contribution is -0.130. The summed E-state index contributed by atoms with van der Waals surface area (Å²) in [5.41, 5.74) is 1.18. The SMILES string of the molecule is COc1nccnc1O[C@H]1CCN(C(=O)CCc2ccccc2)C1. The van der Waals surface area contributed by atoms with Gasteiger partial charge in [-0.25, -0.2) is 9.97 Å². The molecule has 1 atom stereocenters. The fourth-order valence-electron chi connectivity index (χ4n) is 2.80. The quantitative estimate of drug-likeness (QED) is 0.813. The van der Waals surface area contributed by atoms with Crippen LogP contribution in [0.4, 0.5) is 0 Å².